The van der Waals surface area contributed by atoms with Gasteiger partial charge in [-0.05, 0) is 44.0 Å². The standard InChI is InChI=1S/C23H31N3O3S/c1-17(2)22(19-9-5-4-6-10-19)24-18(3)23(27)25-20-11-13-21(14-12-20)30(28,29)26-15-7-8-16-26/h4-6,9-14,17-18,22,24H,7-8,15-16H2,1-3H3,(H,25,27)/p+1/t18-,22-/m1/s1. The zero-order chi connectivity index (χ0) is 21.7. The molecule has 1 fully saturated rings. The first-order chi connectivity index (χ1) is 14.3. The maximum atomic E-state index is 12.7. The number of amides is 1. The van der Waals surface area contributed by atoms with Gasteiger partial charge in [0, 0.05) is 30.3 Å². The predicted molar refractivity (Wildman–Crippen MR) is 118 cm³/mol. The van der Waals surface area contributed by atoms with Gasteiger partial charge in [-0.2, -0.15) is 4.31 Å². The van der Waals surface area contributed by atoms with Crippen molar-refractivity contribution >= 4 is 21.6 Å². The monoisotopic (exact) mass is 430 g/mol. The lowest BCUT2D eigenvalue weighted by atomic mass is 9.95. The molecule has 2 aromatic rings. The van der Waals surface area contributed by atoms with Crippen molar-refractivity contribution in [2.75, 3.05) is 18.4 Å². The molecular weight excluding hydrogens is 398 g/mol. The van der Waals surface area contributed by atoms with E-state index >= 15 is 0 Å². The van der Waals surface area contributed by atoms with Crippen molar-refractivity contribution in [1.82, 2.24) is 4.31 Å². The third kappa shape index (κ3) is 5.28. The number of sulfonamides is 1. The smallest absolute Gasteiger partial charge is 0.282 e. The van der Waals surface area contributed by atoms with Gasteiger partial charge in [0.15, 0.2) is 6.04 Å². The van der Waals surface area contributed by atoms with E-state index in [0.29, 0.717) is 24.7 Å². The number of nitrogens with zero attached hydrogens (tertiary/aromatic N) is 1. The highest BCUT2D eigenvalue weighted by atomic mass is 32.2. The summed E-state index contributed by atoms with van der Waals surface area (Å²) in [4.78, 5) is 13.0. The topological polar surface area (TPSA) is 83.1 Å². The molecule has 3 rings (SSSR count). The lowest BCUT2D eigenvalue weighted by Gasteiger charge is -2.23. The molecule has 1 aliphatic rings. The number of rotatable bonds is 8. The molecule has 0 unspecified atom stereocenters. The molecule has 162 valence electrons. The number of nitrogens with two attached hydrogens (primary N) is 1. The van der Waals surface area contributed by atoms with Crippen LogP contribution < -0.4 is 10.6 Å². The molecule has 2 aromatic carbocycles. The van der Waals surface area contributed by atoms with Crippen LogP contribution in [0.15, 0.2) is 59.5 Å². The molecule has 0 radical (unpaired) electrons. The molecule has 1 saturated heterocycles. The summed E-state index contributed by atoms with van der Waals surface area (Å²) in [6.45, 7) is 7.34. The Bertz CT molecular complexity index is 937. The van der Waals surface area contributed by atoms with Gasteiger partial charge in [-0.1, -0.05) is 44.2 Å². The second kappa shape index (κ2) is 9.73. The van der Waals surface area contributed by atoms with Gasteiger partial charge in [-0.3, -0.25) is 4.79 Å². The van der Waals surface area contributed by atoms with Crippen molar-refractivity contribution in [3.63, 3.8) is 0 Å². The van der Waals surface area contributed by atoms with Crippen LogP contribution in [0.4, 0.5) is 5.69 Å². The van der Waals surface area contributed by atoms with Crippen molar-refractivity contribution in [2.24, 2.45) is 5.92 Å². The average Bonchev–Trinajstić information content (AvgIpc) is 3.28. The zero-order valence-electron chi connectivity index (χ0n) is 17.9. The molecule has 1 heterocycles. The first-order valence-electron chi connectivity index (χ1n) is 10.6. The Balaban J connectivity index is 1.63. The van der Waals surface area contributed by atoms with E-state index in [0.717, 1.165) is 12.8 Å². The number of carbonyl (C=O) groups is 1. The number of quaternary nitrogens is 1. The number of hydrogen-bond donors (Lipinski definition) is 2. The molecule has 30 heavy (non-hydrogen) atoms. The summed E-state index contributed by atoms with van der Waals surface area (Å²) in [5, 5.41) is 4.99. The fraction of sp³-hybridized carbons (Fsp3) is 0.435. The number of nitrogens with one attached hydrogen (secondary N) is 1. The fourth-order valence-corrected chi connectivity index (χ4v) is 5.35. The molecule has 2 atom stereocenters. The van der Waals surface area contributed by atoms with Crippen LogP contribution in [0.2, 0.25) is 0 Å². The highest BCUT2D eigenvalue weighted by Gasteiger charge is 2.28. The van der Waals surface area contributed by atoms with Crippen LogP contribution in [0.25, 0.3) is 0 Å². The molecular formula is C23H32N3O3S+. The van der Waals surface area contributed by atoms with E-state index < -0.39 is 10.0 Å². The summed E-state index contributed by atoms with van der Waals surface area (Å²) in [7, 11) is -3.44. The van der Waals surface area contributed by atoms with Gasteiger partial charge >= 0.3 is 0 Å². The third-order valence-electron chi connectivity index (χ3n) is 5.64. The summed E-state index contributed by atoms with van der Waals surface area (Å²) in [6, 6.07) is 16.5. The van der Waals surface area contributed by atoms with E-state index in [2.05, 4.69) is 36.6 Å². The lowest BCUT2D eigenvalue weighted by Crippen LogP contribution is -2.93. The Morgan fingerprint density at radius 2 is 1.57 bits per heavy atom. The van der Waals surface area contributed by atoms with Gasteiger partial charge in [0.05, 0.1) is 4.90 Å². The number of carbonyl (C=O) groups excluding carboxylic acids is 1. The third-order valence-corrected chi connectivity index (χ3v) is 7.55. The first-order valence-corrected chi connectivity index (χ1v) is 12.0. The Kier molecular flexibility index (Phi) is 7.28. The van der Waals surface area contributed by atoms with E-state index in [1.54, 1.807) is 24.3 Å². The van der Waals surface area contributed by atoms with E-state index in [9.17, 15) is 13.2 Å². The number of benzene rings is 2. The average molecular weight is 431 g/mol. The van der Waals surface area contributed by atoms with Gasteiger partial charge in [0.1, 0.15) is 6.04 Å². The number of hydrogen-bond acceptors (Lipinski definition) is 3. The van der Waals surface area contributed by atoms with Crippen LogP contribution in [0.5, 0.6) is 0 Å². The van der Waals surface area contributed by atoms with Crippen molar-refractivity contribution < 1.29 is 18.5 Å². The summed E-state index contributed by atoms with van der Waals surface area (Å²) in [5.74, 6) is 0.268. The highest BCUT2D eigenvalue weighted by Crippen LogP contribution is 2.22. The minimum atomic E-state index is -3.44. The van der Waals surface area contributed by atoms with Crippen LogP contribution in [-0.4, -0.2) is 37.8 Å². The molecule has 7 heteroatoms. The minimum absolute atomic E-state index is 0.105. The van der Waals surface area contributed by atoms with Crippen molar-refractivity contribution in [3.8, 4) is 0 Å². The zero-order valence-corrected chi connectivity index (χ0v) is 18.7. The van der Waals surface area contributed by atoms with Gasteiger partial charge < -0.3 is 10.6 Å². The van der Waals surface area contributed by atoms with E-state index in [1.165, 1.54) is 9.87 Å². The van der Waals surface area contributed by atoms with Gasteiger partial charge in [0.2, 0.25) is 10.0 Å². The summed E-state index contributed by atoms with van der Waals surface area (Å²) >= 11 is 0. The van der Waals surface area contributed by atoms with E-state index in [-0.39, 0.29) is 22.9 Å². The van der Waals surface area contributed by atoms with E-state index in [4.69, 9.17) is 0 Å². The minimum Gasteiger partial charge on any atom is -0.330 e. The van der Waals surface area contributed by atoms with Gasteiger partial charge in [-0.15, -0.1) is 0 Å². The molecule has 0 spiro atoms. The molecule has 0 aliphatic carbocycles. The molecule has 1 aliphatic heterocycles. The molecule has 3 N–H and O–H groups in total. The van der Waals surface area contributed by atoms with Crippen molar-refractivity contribution in [3.05, 3.63) is 60.2 Å². The second-order valence-corrected chi connectivity index (χ2v) is 10.2. The van der Waals surface area contributed by atoms with Crippen LogP contribution in [0.3, 0.4) is 0 Å². The molecule has 0 bridgehead atoms. The first kappa shape index (κ1) is 22.5. The summed E-state index contributed by atoms with van der Waals surface area (Å²) in [5.41, 5.74) is 1.80. The SMILES string of the molecule is CC(C)[C@@H]([NH2+][C@H](C)C(=O)Nc1ccc(S(=O)(=O)N2CCCC2)cc1)c1ccccc1. The maximum Gasteiger partial charge on any atom is 0.282 e. The quantitative estimate of drug-likeness (QED) is 0.676. The molecule has 0 saturated carbocycles. The molecule has 6 nitrogen and oxygen atoms in total. The maximum absolute atomic E-state index is 12.7. The lowest BCUT2D eigenvalue weighted by molar-refractivity contribution is -0.718. The van der Waals surface area contributed by atoms with Gasteiger partial charge in [-0.25, -0.2) is 8.42 Å². The fourth-order valence-electron chi connectivity index (χ4n) is 3.84. The molecule has 1 amide bonds. The summed E-state index contributed by atoms with van der Waals surface area (Å²) in [6.07, 6.45) is 1.81. The van der Waals surface area contributed by atoms with Crippen LogP contribution >= 0.6 is 0 Å². The van der Waals surface area contributed by atoms with Crippen LogP contribution in [-0.2, 0) is 14.8 Å². The van der Waals surface area contributed by atoms with Gasteiger partial charge in [0.25, 0.3) is 5.91 Å². The largest absolute Gasteiger partial charge is 0.330 e. The Hall–Kier alpha value is -2.22. The predicted octanol–water partition coefficient (Wildman–Crippen LogP) is 2.76. The Labute approximate surface area is 179 Å². The van der Waals surface area contributed by atoms with Crippen LogP contribution in [0.1, 0.15) is 45.2 Å². The van der Waals surface area contributed by atoms with E-state index in [1.807, 2.05) is 25.1 Å². The Morgan fingerprint density at radius 3 is 2.13 bits per heavy atom. The van der Waals surface area contributed by atoms with Crippen molar-refractivity contribution in [2.45, 2.75) is 50.6 Å². The second-order valence-electron chi connectivity index (χ2n) is 8.29. The van der Waals surface area contributed by atoms with Crippen molar-refractivity contribution in [1.29, 1.82) is 0 Å². The van der Waals surface area contributed by atoms with Crippen LogP contribution in [0, 0.1) is 5.92 Å². The summed E-state index contributed by atoms with van der Waals surface area (Å²) < 4.78 is 26.8. The molecule has 0 aromatic heterocycles. The normalized spacial score (nSPS) is 17.1. The number of anilines is 1. The highest BCUT2D eigenvalue weighted by molar-refractivity contribution is 7.89. The Morgan fingerprint density at radius 1 is 0.967 bits per heavy atom.